The second-order valence-electron chi connectivity index (χ2n) is 18.1. The van der Waals surface area contributed by atoms with Crippen LogP contribution in [0.1, 0.15) is 127 Å². The maximum absolute atomic E-state index is 5.10. The smallest absolute Gasteiger partial charge is 0.144 e. The molecule has 6 aliphatic rings. The quantitative estimate of drug-likeness (QED) is 0.166. The van der Waals surface area contributed by atoms with E-state index in [0.717, 1.165) is 62.2 Å². The van der Waals surface area contributed by atoms with Crippen molar-refractivity contribution in [3.63, 3.8) is 0 Å². The van der Waals surface area contributed by atoms with Crippen molar-refractivity contribution in [2.45, 2.75) is 136 Å². The fourth-order valence-electron chi connectivity index (χ4n) is 9.55. The number of imidazole rings is 1. The lowest BCUT2D eigenvalue weighted by molar-refractivity contribution is 0.632. The molecule has 12 bridgehead atoms. The summed E-state index contributed by atoms with van der Waals surface area (Å²) in [4.78, 5) is 14.8. The molecule has 0 atom stereocenters. The molecule has 0 aliphatic carbocycles. The maximum Gasteiger partial charge on any atom is 0.144 e. The van der Waals surface area contributed by atoms with Gasteiger partial charge in [-0.05, 0) is 149 Å². The van der Waals surface area contributed by atoms with Crippen molar-refractivity contribution in [3.8, 4) is 39.6 Å². The average Bonchev–Trinajstić information content (AvgIpc) is 3.70. The lowest BCUT2D eigenvalue weighted by Gasteiger charge is -2.18. The van der Waals surface area contributed by atoms with E-state index < -0.39 is 0 Å². The topological polar surface area (TPSA) is 43.6 Å². The molecule has 0 N–H and O–H groups in total. The number of fused-ring (bicyclic) bond motifs is 5. The fraction of sp³-hybridized carbons (Fsp3) is 0.362. The number of benzene rings is 4. The summed E-state index contributed by atoms with van der Waals surface area (Å²) in [5.74, 6) is 1.05. The maximum atomic E-state index is 5.10. The highest BCUT2D eigenvalue weighted by Gasteiger charge is 2.18. The van der Waals surface area contributed by atoms with Crippen LogP contribution < -0.4 is 0 Å². The molecule has 62 heavy (non-hydrogen) atoms. The lowest BCUT2D eigenvalue weighted by atomic mass is 10.0. The third-order valence-corrected chi connectivity index (χ3v) is 13.1. The molecule has 9 heterocycles. The molecule has 0 unspecified atom stereocenters. The molecule has 0 saturated carbocycles. The van der Waals surface area contributed by atoms with Gasteiger partial charge in [-0.3, -0.25) is 14.5 Å². The van der Waals surface area contributed by atoms with Crippen molar-refractivity contribution in [2.75, 3.05) is 0 Å². The van der Waals surface area contributed by atoms with Crippen LogP contribution in [0.5, 0.6) is 0 Å². The summed E-state index contributed by atoms with van der Waals surface area (Å²) in [6.45, 7) is 6.70. The van der Waals surface area contributed by atoms with Gasteiger partial charge < -0.3 is 0 Å². The van der Waals surface area contributed by atoms with Crippen LogP contribution in [0.3, 0.4) is 0 Å². The highest BCUT2D eigenvalue weighted by atomic mass is 15.1. The van der Waals surface area contributed by atoms with Gasteiger partial charge in [0.05, 0.1) is 17.1 Å². The Balaban J connectivity index is 0.935. The van der Waals surface area contributed by atoms with Crippen molar-refractivity contribution < 1.29 is 0 Å². The van der Waals surface area contributed by atoms with Gasteiger partial charge >= 0.3 is 0 Å². The van der Waals surface area contributed by atoms with E-state index in [0.29, 0.717) is 0 Å². The predicted octanol–water partition coefficient (Wildman–Crippen LogP) is 14.9. The Kier molecular flexibility index (Phi) is 14.9. The van der Waals surface area contributed by atoms with Crippen molar-refractivity contribution in [3.05, 3.63) is 178 Å². The molecule has 7 aromatic rings. The van der Waals surface area contributed by atoms with Crippen LogP contribution in [0.15, 0.2) is 128 Å². The van der Waals surface area contributed by atoms with E-state index in [2.05, 4.69) is 153 Å². The molecule has 0 radical (unpaired) electrons. The van der Waals surface area contributed by atoms with E-state index in [1.54, 1.807) is 0 Å². The normalized spacial score (nSPS) is 15.1. The minimum atomic E-state index is 1.02. The Morgan fingerprint density at radius 3 is 1.13 bits per heavy atom. The van der Waals surface area contributed by atoms with E-state index in [-0.39, 0.29) is 0 Å². The third-order valence-electron chi connectivity index (χ3n) is 13.1. The summed E-state index contributed by atoms with van der Waals surface area (Å²) in [7, 11) is 0. The minimum Gasteiger partial charge on any atom is -0.296 e. The SMILES string of the molecule is Cc1cc(C)c(-n2c3cnc2-c2ccc(cc2)CCCCCCc2ccc(nc2)-c2ccc(cc2)CCCCCCc2ccc(nc2)-c2ccc(cc2)CCCCCC3)c(C)c1. The van der Waals surface area contributed by atoms with E-state index in [1.807, 2.05) is 0 Å². The van der Waals surface area contributed by atoms with Crippen molar-refractivity contribution in [1.29, 1.82) is 0 Å². The molecule has 0 fully saturated rings. The molecule has 4 aromatic carbocycles. The van der Waals surface area contributed by atoms with Gasteiger partial charge in [-0.15, -0.1) is 0 Å². The Morgan fingerprint density at radius 2 is 0.726 bits per heavy atom. The van der Waals surface area contributed by atoms with Gasteiger partial charge in [0.25, 0.3) is 0 Å². The van der Waals surface area contributed by atoms with Gasteiger partial charge in [0.15, 0.2) is 0 Å². The van der Waals surface area contributed by atoms with Crippen LogP contribution in [0.4, 0.5) is 0 Å². The molecule has 13 rings (SSSR count). The third kappa shape index (κ3) is 11.4. The van der Waals surface area contributed by atoms with Gasteiger partial charge in [0, 0.05) is 41.0 Å². The van der Waals surface area contributed by atoms with E-state index in [1.165, 1.54) is 143 Å². The van der Waals surface area contributed by atoms with Gasteiger partial charge in [-0.1, -0.05) is 141 Å². The molecular weight excluding hydrogens is 753 g/mol. The molecule has 4 nitrogen and oxygen atoms in total. The Labute approximate surface area is 372 Å². The number of pyridine rings is 2. The largest absolute Gasteiger partial charge is 0.296 e. The fourth-order valence-corrected chi connectivity index (χ4v) is 9.55. The van der Waals surface area contributed by atoms with E-state index in [9.17, 15) is 0 Å². The van der Waals surface area contributed by atoms with Gasteiger partial charge in [-0.25, -0.2) is 4.98 Å². The standard InChI is InChI=1S/C58H66N4/c1-43-38-44(2)57(45(3)39-43)62-54-21-15-9-8-12-17-47-24-32-52(33-25-47)56-37-28-49(40-60-56)19-13-6-4-10-16-46-22-30-51(31-23-46)55-36-29-50(41-59-55)20-14-7-5-11-18-48-26-34-53(35-27-48)58(62)61-42-54/h22-42H,4-21H2,1-3H3. The van der Waals surface area contributed by atoms with Crippen LogP contribution in [0.2, 0.25) is 0 Å². The molecule has 0 saturated heterocycles. The summed E-state index contributed by atoms with van der Waals surface area (Å²) in [5.41, 5.74) is 19.1. The second-order valence-corrected chi connectivity index (χ2v) is 18.1. The van der Waals surface area contributed by atoms with Crippen LogP contribution in [-0.2, 0) is 38.5 Å². The molecule has 6 aliphatic heterocycles. The van der Waals surface area contributed by atoms with Crippen molar-refractivity contribution >= 4 is 0 Å². The first kappa shape index (κ1) is 43.1. The summed E-state index contributed by atoms with van der Waals surface area (Å²) in [5, 5.41) is 0. The summed E-state index contributed by atoms with van der Waals surface area (Å²) >= 11 is 0. The molecule has 318 valence electrons. The Bertz CT molecular complexity index is 2430. The summed E-state index contributed by atoms with van der Waals surface area (Å²) < 4.78 is 2.46. The first-order valence-corrected chi connectivity index (χ1v) is 23.8. The summed E-state index contributed by atoms with van der Waals surface area (Å²) in [6, 6.07) is 41.0. The molecule has 3 aromatic heterocycles. The predicted molar refractivity (Wildman–Crippen MR) is 260 cm³/mol. The summed E-state index contributed by atoms with van der Waals surface area (Å²) in [6.07, 6.45) is 27.6. The zero-order valence-corrected chi connectivity index (χ0v) is 37.6. The van der Waals surface area contributed by atoms with E-state index >= 15 is 0 Å². The number of aromatic nitrogens is 4. The van der Waals surface area contributed by atoms with Crippen molar-refractivity contribution in [2.24, 2.45) is 0 Å². The minimum absolute atomic E-state index is 1.02. The Morgan fingerprint density at radius 1 is 0.355 bits per heavy atom. The Hall–Kier alpha value is -5.61. The van der Waals surface area contributed by atoms with Gasteiger partial charge in [0.2, 0.25) is 0 Å². The molecule has 0 spiro atoms. The number of hydrogen-bond donors (Lipinski definition) is 0. The second kappa shape index (κ2) is 21.5. The first-order chi connectivity index (χ1) is 30.5. The van der Waals surface area contributed by atoms with Crippen LogP contribution in [-0.4, -0.2) is 19.5 Å². The zero-order chi connectivity index (χ0) is 42.5. The van der Waals surface area contributed by atoms with Crippen molar-refractivity contribution in [1.82, 2.24) is 19.5 Å². The van der Waals surface area contributed by atoms with Gasteiger partial charge in [0.1, 0.15) is 5.82 Å². The molecule has 4 heteroatoms. The first-order valence-electron chi connectivity index (χ1n) is 23.8. The van der Waals surface area contributed by atoms with Crippen LogP contribution in [0, 0.1) is 20.8 Å². The average molecular weight is 819 g/mol. The van der Waals surface area contributed by atoms with Gasteiger partial charge in [-0.2, -0.15) is 0 Å². The number of nitrogens with zero attached hydrogens (tertiary/aromatic N) is 4. The highest BCUT2D eigenvalue weighted by Crippen LogP contribution is 2.31. The monoisotopic (exact) mass is 819 g/mol. The number of rotatable bonds is 1. The molecule has 0 amide bonds. The highest BCUT2D eigenvalue weighted by molar-refractivity contribution is 5.64. The van der Waals surface area contributed by atoms with Crippen LogP contribution >= 0.6 is 0 Å². The zero-order valence-electron chi connectivity index (χ0n) is 37.6. The molecular formula is C58H66N4. The lowest BCUT2D eigenvalue weighted by Crippen LogP contribution is -2.07. The number of hydrogen-bond acceptors (Lipinski definition) is 3. The van der Waals surface area contributed by atoms with E-state index in [4.69, 9.17) is 15.0 Å². The number of aryl methyl sites for hydroxylation is 9. The van der Waals surface area contributed by atoms with Crippen LogP contribution in [0.25, 0.3) is 39.6 Å².